The molecule has 0 saturated heterocycles. The van der Waals surface area contributed by atoms with Crippen LogP contribution in [-0.4, -0.2) is 33.1 Å². The predicted octanol–water partition coefficient (Wildman–Crippen LogP) is 18.7. The summed E-state index contributed by atoms with van der Waals surface area (Å²) in [6, 6.07) is 30.5. The van der Waals surface area contributed by atoms with Gasteiger partial charge >= 0.3 is 0 Å². The van der Waals surface area contributed by atoms with E-state index in [9.17, 15) is 4.39 Å². The lowest BCUT2D eigenvalue weighted by atomic mass is 10.0. The largest absolute Gasteiger partial charge is 0.494 e. The fourth-order valence-corrected chi connectivity index (χ4v) is 8.62. The molecule has 0 amide bonds. The summed E-state index contributed by atoms with van der Waals surface area (Å²) in [4.78, 5) is 18.1. The maximum atomic E-state index is 14.8. The lowest BCUT2D eigenvalue weighted by Crippen LogP contribution is -1.99. The van der Waals surface area contributed by atoms with Gasteiger partial charge in [0.1, 0.15) is 17.3 Å². The Hall–Kier alpha value is -5.43. The van der Waals surface area contributed by atoms with Crippen molar-refractivity contribution in [1.29, 1.82) is 0 Å². The Morgan fingerprint density at radius 1 is 0.343 bits per heavy atom. The monoisotopic (exact) mass is 949 g/mol. The van der Waals surface area contributed by atoms with Crippen LogP contribution in [0.2, 0.25) is 0 Å². The smallest absolute Gasteiger partial charge is 0.162 e. The van der Waals surface area contributed by atoms with Crippen molar-refractivity contribution in [3.63, 3.8) is 0 Å². The third-order valence-electron chi connectivity index (χ3n) is 13.1. The molecule has 0 spiro atoms. The van der Waals surface area contributed by atoms with Gasteiger partial charge < -0.3 is 9.47 Å². The molecule has 0 aliphatic rings. The molecule has 6 rings (SSSR count). The first-order valence-electron chi connectivity index (χ1n) is 27.5. The molecule has 0 saturated carbocycles. The number of aromatic nitrogens is 4. The topological polar surface area (TPSA) is 70.0 Å². The van der Waals surface area contributed by atoms with E-state index in [1.807, 2.05) is 18.5 Å². The second-order valence-corrected chi connectivity index (χ2v) is 19.1. The average Bonchev–Trinajstić information content (AvgIpc) is 3.40. The van der Waals surface area contributed by atoms with Crippen molar-refractivity contribution in [2.24, 2.45) is 0 Å². The summed E-state index contributed by atoms with van der Waals surface area (Å²) >= 11 is 0. The standard InChI is InChI=1S/C34H47FN2O.C29H38N2O/c1-3-5-7-9-11-12-14-16-24-38-31-22-23-32(33(35)25-31)34-36-26-30(27-37-34)29-20-18-28(19-21-29)17-15-13-10-8-6-4-2;1-3-5-7-9-11-21-32-28-19-17-26(18-20-28)25-13-15-27(16-14-25)29-30-22-24(23-31-29)12-10-8-6-4-2/h18-23,25-27H,3-17,24H2,1-2H3;13-20,22-23H,3-12,21H2,1-2H3. The first-order valence-corrected chi connectivity index (χ1v) is 27.5. The highest BCUT2D eigenvalue weighted by Gasteiger charge is 2.11. The van der Waals surface area contributed by atoms with E-state index in [1.54, 1.807) is 18.5 Å². The number of unbranched alkanes of at least 4 members (excludes halogenated alkanes) is 19. The summed E-state index contributed by atoms with van der Waals surface area (Å²) < 4.78 is 26.5. The Bertz CT molecular complexity index is 2240. The molecule has 4 aromatic carbocycles. The van der Waals surface area contributed by atoms with Crippen LogP contribution in [0.3, 0.4) is 0 Å². The maximum Gasteiger partial charge on any atom is 0.162 e. The van der Waals surface area contributed by atoms with Crippen molar-refractivity contribution in [2.45, 2.75) is 188 Å². The average molecular weight is 949 g/mol. The van der Waals surface area contributed by atoms with Crippen molar-refractivity contribution in [2.75, 3.05) is 13.2 Å². The van der Waals surface area contributed by atoms with Gasteiger partial charge in [0, 0.05) is 42.0 Å². The lowest BCUT2D eigenvalue weighted by Gasteiger charge is -2.09. The van der Waals surface area contributed by atoms with Crippen LogP contribution in [0.4, 0.5) is 4.39 Å². The zero-order valence-corrected chi connectivity index (χ0v) is 43.5. The molecule has 0 aliphatic carbocycles. The molecular weight excluding hydrogens is 864 g/mol. The van der Waals surface area contributed by atoms with Gasteiger partial charge in [-0.2, -0.15) is 0 Å². The van der Waals surface area contributed by atoms with E-state index in [0.717, 1.165) is 67.0 Å². The van der Waals surface area contributed by atoms with Gasteiger partial charge in [0.05, 0.1) is 18.8 Å². The number of aryl methyl sites for hydroxylation is 2. The van der Waals surface area contributed by atoms with E-state index in [4.69, 9.17) is 9.47 Å². The zero-order chi connectivity index (χ0) is 49.3. The summed E-state index contributed by atoms with van der Waals surface area (Å²) in [5, 5.41) is 0. The molecule has 0 atom stereocenters. The quantitative estimate of drug-likeness (QED) is 0.0383. The van der Waals surface area contributed by atoms with Gasteiger partial charge in [0.25, 0.3) is 0 Å². The van der Waals surface area contributed by atoms with Gasteiger partial charge in [0.15, 0.2) is 11.6 Å². The SMILES string of the molecule is CCCCCCCCCCOc1ccc(-c2ncc(-c3ccc(CCCCCCCC)cc3)cn2)c(F)c1.CCCCCCCOc1ccc(-c2ccc(-c3ncc(CCCCCC)cn3)cc2)cc1. The summed E-state index contributed by atoms with van der Waals surface area (Å²) in [6.45, 7) is 10.4. The van der Waals surface area contributed by atoms with Crippen LogP contribution in [0.5, 0.6) is 11.5 Å². The molecule has 2 heterocycles. The molecule has 376 valence electrons. The highest BCUT2D eigenvalue weighted by molar-refractivity contribution is 5.68. The molecule has 7 heteroatoms. The second-order valence-electron chi connectivity index (χ2n) is 19.1. The van der Waals surface area contributed by atoms with E-state index >= 15 is 0 Å². The highest BCUT2D eigenvalue weighted by atomic mass is 19.1. The fraction of sp³-hybridized carbons (Fsp3) is 0.492. The van der Waals surface area contributed by atoms with Crippen molar-refractivity contribution in [3.8, 4) is 56.5 Å². The molecule has 6 nitrogen and oxygen atoms in total. The van der Waals surface area contributed by atoms with Gasteiger partial charge in [-0.05, 0) is 90.6 Å². The number of hydrogen-bond donors (Lipinski definition) is 0. The molecule has 0 aliphatic heterocycles. The third-order valence-corrected chi connectivity index (χ3v) is 13.1. The molecule has 6 aromatic rings. The normalized spacial score (nSPS) is 11.0. The van der Waals surface area contributed by atoms with E-state index in [-0.39, 0.29) is 5.82 Å². The van der Waals surface area contributed by atoms with E-state index < -0.39 is 0 Å². The van der Waals surface area contributed by atoms with Crippen LogP contribution in [0.25, 0.3) is 45.0 Å². The lowest BCUT2D eigenvalue weighted by molar-refractivity contribution is 0.303. The molecular formula is C63H85FN4O2. The van der Waals surface area contributed by atoms with Crippen molar-refractivity contribution >= 4 is 0 Å². The molecule has 0 bridgehead atoms. The molecule has 0 N–H and O–H groups in total. The van der Waals surface area contributed by atoms with Crippen LogP contribution in [0, 0.1) is 5.82 Å². The van der Waals surface area contributed by atoms with E-state index in [0.29, 0.717) is 23.7 Å². The first-order chi connectivity index (χ1) is 34.5. The van der Waals surface area contributed by atoms with Crippen LogP contribution >= 0.6 is 0 Å². The van der Waals surface area contributed by atoms with Crippen LogP contribution < -0.4 is 9.47 Å². The predicted molar refractivity (Wildman–Crippen MR) is 293 cm³/mol. The van der Waals surface area contributed by atoms with Gasteiger partial charge in [-0.15, -0.1) is 0 Å². The van der Waals surface area contributed by atoms with Crippen molar-refractivity contribution < 1.29 is 13.9 Å². The van der Waals surface area contributed by atoms with Gasteiger partial charge in [-0.25, -0.2) is 24.3 Å². The van der Waals surface area contributed by atoms with Crippen LogP contribution in [0.1, 0.15) is 187 Å². The number of halogens is 1. The Labute approximate surface area is 422 Å². The minimum absolute atomic E-state index is 0.356. The zero-order valence-electron chi connectivity index (χ0n) is 43.5. The Morgan fingerprint density at radius 2 is 0.729 bits per heavy atom. The molecule has 0 radical (unpaired) electrons. The van der Waals surface area contributed by atoms with Gasteiger partial charge in [-0.1, -0.05) is 210 Å². The summed E-state index contributed by atoms with van der Waals surface area (Å²) in [5.41, 5.74) is 8.43. The van der Waals surface area contributed by atoms with E-state index in [1.165, 1.54) is 157 Å². The number of hydrogen-bond acceptors (Lipinski definition) is 6. The Kier molecular flexibility index (Phi) is 26.9. The fourth-order valence-electron chi connectivity index (χ4n) is 8.62. The maximum absolute atomic E-state index is 14.8. The Balaban J connectivity index is 0.000000265. The van der Waals surface area contributed by atoms with Crippen LogP contribution in [0.15, 0.2) is 116 Å². The summed E-state index contributed by atoms with van der Waals surface area (Å²) in [7, 11) is 0. The summed E-state index contributed by atoms with van der Waals surface area (Å²) in [6.07, 6.45) is 39.0. The summed E-state index contributed by atoms with van der Waals surface area (Å²) in [5.74, 6) is 2.33. The number of nitrogens with zero attached hydrogens (tertiary/aromatic N) is 4. The second kappa shape index (κ2) is 34.0. The van der Waals surface area contributed by atoms with Crippen molar-refractivity contribution in [1.82, 2.24) is 19.9 Å². The first kappa shape index (κ1) is 55.5. The minimum Gasteiger partial charge on any atom is -0.494 e. The van der Waals surface area contributed by atoms with Gasteiger partial charge in [0.2, 0.25) is 0 Å². The highest BCUT2D eigenvalue weighted by Crippen LogP contribution is 2.28. The number of rotatable bonds is 33. The molecule has 0 fully saturated rings. The number of ether oxygens (including phenoxy) is 2. The third kappa shape index (κ3) is 20.9. The number of benzene rings is 4. The van der Waals surface area contributed by atoms with Crippen molar-refractivity contribution in [3.05, 3.63) is 133 Å². The van der Waals surface area contributed by atoms with Crippen LogP contribution in [-0.2, 0) is 12.8 Å². The molecule has 70 heavy (non-hydrogen) atoms. The van der Waals surface area contributed by atoms with E-state index in [2.05, 4.69) is 120 Å². The molecule has 2 aromatic heterocycles. The minimum atomic E-state index is -0.356. The Morgan fingerprint density at radius 3 is 1.26 bits per heavy atom. The van der Waals surface area contributed by atoms with Gasteiger partial charge in [-0.3, -0.25) is 0 Å². The molecule has 0 unspecified atom stereocenters.